The van der Waals surface area contributed by atoms with Gasteiger partial charge in [-0.3, -0.25) is 4.57 Å². The highest BCUT2D eigenvalue weighted by atomic mass is 32.2. The Bertz CT molecular complexity index is 698. The molecule has 0 saturated carbocycles. The lowest BCUT2D eigenvalue weighted by atomic mass is 10.2. The van der Waals surface area contributed by atoms with E-state index in [-0.39, 0.29) is 0 Å². The second-order valence-electron chi connectivity index (χ2n) is 3.92. The van der Waals surface area contributed by atoms with Gasteiger partial charge in [0, 0.05) is 11.1 Å². The topological polar surface area (TPSA) is 29.9 Å². The second-order valence-corrected chi connectivity index (χ2v) is 5.32. The smallest absolute Gasteiger partial charge is 0.182 e. The Balaban J connectivity index is 2.66. The van der Waals surface area contributed by atoms with E-state index in [1.807, 2.05) is 48.0 Å². The van der Waals surface area contributed by atoms with Crippen LogP contribution in [0.3, 0.4) is 0 Å². The summed E-state index contributed by atoms with van der Waals surface area (Å²) in [7, 11) is 1.66. The summed E-state index contributed by atoms with van der Waals surface area (Å²) in [6.07, 6.45) is 3.94. The summed E-state index contributed by atoms with van der Waals surface area (Å²) >= 11 is 6.97. The average Bonchev–Trinajstić information content (AvgIpc) is 2.86. The van der Waals surface area contributed by atoms with Crippen LogP contribution < -0.4 is 4.74 Å². The monoisotopic (exact) mass is 304 g/mol. The van der Waals surface area contributed by atoms with Crippen LogP contribution in [0.2, 0.25) is 0 Å². The predicted molar refractivity (Wildman–Crippen MR) is 88.9 cm³/mol. The second kappa shape index (κ2) is 6.63. The highest BCUT2D eigenvalue weighted by Gasteiger charge is 2.13. The van der Waals surface area contributed by atoms with Crippen LogP contribution in [0.15, 0.2) is 48.5 Å². The molecule has 0 atom stereocenters. The Hall–Kier alpha value is -1.72. The number of ether oxygens (including phenoxy) is 1. The van der Waals surface area contributed by atoms with E-state index in [0.29, 0.717) is 4.77 Å². The minimum atomic E-state index is 0.633. The zero-order valence-corrected chi connectivity index (χ0v) is 13.1. The summed E-state index contributed by atoms with van der Waals surface area (Å²) in [6, 6.07) is 7.81. The first-order valence-corrected chi connectivity index (χ1v) is 7.39. The largest absolute Gasteiger partial charge is 0.495 e. The van der Waals surface area contributed by atoms with Gasteiger partial charge in [-0.1, -0.05) is 36.5 Å². The van der Waals surface area contributed by atoms with Crippen LogP contribution in [0.4, 0.5) is 0 Å². The van der Waals surface area contributed by atoms with E-state index in [9.17, 15) is 0 Å². The van der Waals surface area contributed by atoms with Crippen LogP contribution in [0, 0.1) is 4.77 Å². The standard InChI is InChI=1S/C15H16N2OS2/c1-4-14(20-5-2)12-10-16-15(19)17(12)11-8-6-7-9-13(11)18-3/h4-10H,2H2,1,3H3,(H,16,19)/b14-4-. The number of H-pyrrole nitrogens is 1. The normalized spacial score (nSPS) is 11.4. The number of hydrogen-bond acceptors (Lipinski definition) is 3. The van der Waals surface area contributed by atoms with Gasteiger partial charge in [0.15, 0.2) is 4.77 Å². The molecular formula is C15H16N2OS2. The van der Waals surface area contributed by atoms with E-state index in [4.69, 9.17) is 17.0 Å². The van der Waals surface area contributed by atoms with Gasteiger partial charge in [0.05, 0.1) is 18.5 Å². The first-order chi connectivity index (χ1) is 9.72. The number of imidazole rings is 1. The molecule has 1 N–H and O–H groups in total. The number of aromatic nitrogens is 2. The number of para-hydroxylation sites is 2. The van der Waals surface area contributed by atoms with E-state index in [0.717, 1.165) is 22.0 Å². The fourth-order valence-corrected chi connectivity index (χ4v) is 2.81. The van der Waals surface area contributed by atoms with Crippen LogP contribution in [-0.4, -0.2) is 16.7 Å². The van der Waals surface area contributed by atoms with Crippen molar-refractivity contribution in [3.63, 3.8) is 0 Å². The molecule has 0 aliphatic rings. The van der Waals surface area contributed by atoms with Crippen molar-refractivity contribution >= 4 is 28.9 Å². The minimum Gasteiger partial charge on any atom is -0.495 e. The minimum absolute atomic E-state index is 0.633. The van der Waals surface area contributed by atoms with Crippen molar-refractivity contribution in [2.45, 2.75) is 6.92 Å². The number of aromatic amines is 1. The Morgan fingerprint density at radius 3 is 2.85 bits per heavy atom. The first-order valence-electron chi connectivity index (χ1n) is 6.11. The molecule has 0 saturated heterocycles. The molecule has 0 aliphatic heterocycles. The molecule has 3 nitrogen and oxygen atoms in total. The number of methoxy groups -OCH3 is 1. The van der Waals surface area contributed by atoms with Gasteiger partial charge in [0.25, 0.3) is 0 Å². The molecule has 104 valence electrons. The fraction of sp³-hybridized carbons (Fsp3) is 0.133. The molecule has 0 unspecified atom stereocenters. The van der Waals surface area contributed by atoms with Gasteiger partial charge in [-0.15, -0.1) is 0 Å². The van der Waals surface area contributed by atoms with Gasteiger partial charge in [-0.05, 0) is 36.7 Å². The van der Waals surface area contributed by atoms with Crippen molar-refractivity contribution < 1.29 is 4.74 Å². The third-order valence-electron chi connectivity index (χ3n) is 2.83. The maximum Gasteiger partial charge on any atom is 0.182 e. The first kappa shape index (κ1) is 14.7. The lowest BCUT2D eigenvalue weighted by molar-refractivity contribution is 0.412. The Morgan fingerprint density at radius 2 is 2.20 bits per heavy atom. The summed E-state index contributed by atoms with van der Waals surface area (Å²) in [6.45, 7) is 5.76. The number of benzene rings is 1. The van der Waals surface area contributed by atoms with E-state index < -0.39 is 0 Å². The van der Waals surface area contributed by atoms with Crippen LogP contribution >= 0.6 is 24.0 Å². The summed E-state index contributed by atoms with van der Waals surface area (Å²) in [5, 5.41) is 1.80. The van der Waals surface area contributed by atoms with Gasteiger partial charge in [-0.25, -0.2) is 0 Å². The van der Waals surface area contributed by atoms with Gasteiger partial charge in [0.2, 0.25) is 0 Å². The van der Waals surface area contributed by atoms with E-state index in [1.165, 1.54) is 0 Å². The molecule has 0 fully saturated rings. The molecule has 0 spiro atoms. The third kappa shape index (κ3) is 2.73. The zero-order chi connectivity index (χ0) is 14.5. The molecule has 0 aliphatic carbocycles. The van der Waals surface area contributed by atoms with E-state index in [1.54, 1.807) is 24.3 Å². The number of hydrogen-bond donors (Lipinski definition) is 1. The number of allylic oxidation sites excluding steroid dienone is 1. The summed E-state index contributed by atoms with van der Waals surface area (Å²) < 4.78 is 8.03. The van der Waals surface area contributed by atoms with Gasteiger partial charge >= 0.3 is 0 Å². The number of nitrogens with zero attached hydrogens (tertiary/aromatic N) is 1. The summed E-state index contributed by atoms with van der Waals surface area (Å²) in [4.78, 5) is 4.18. The molecule has 0 bridgehead atoms. The number of rotatable bonds is 5. The molecule has 2 aromatic rings. The van der Waals surface area contributed by atoms with Crippen molar-refractivity contribution in [3.8, 4) is 11.4 Å². The molecule has 1 aromatic carbocycles. The van der Waals surface area contributed by atoms with E-state index in [2.05, 4.69) is 11.6 Å². The molecule has 1 aromatic heterocycles. The third-order valence-corrected chi connectivity index (χ3v) is 3.99. The average molecular weight is 304 g/mol. The molecule has 5 heteroatoms. The Kier molecular flexibility index (Phi) is 4.87. The van der Waals surface area contributed by atoms with Gasteiger partial charge in [-0.2, -0.15) is 0 Å². The predicted octanol–water partition coefficient (Wildman–Crippen LogP) is 4.78. The Morgan fingerprint density at radius 1 is 1.45 bits per heavy atom. The van der Waals surface area contributed by atoms with Crippen molar-refractivity contribution in [1.29, 1.82) is 0 Å². The van der Waals surface area contributed by atoms with Crippen LogP contribution in [-0.2, 0) is 0 Å². The molecule has 0 radical (unpaired) electrons. The SMILES string of the molecule is C=CS/C(=C\C)c1c[nH]c(=S)n1-c1ccccc1OC. The van der Waals surface area contributed by atoms with Crippen molar-refractivity contribution in [3.05, 3.63) is 59.0 Å². The van der Waals surface area contributed by atoms with Gasteiger partial charge < -0.3 is 9.72 Å². The van der Waals surface area contributed by atoms with E-state index >= 15 is 0 Å². The fourth-order valence-electron chi connectivity index (χ4n) is 1.97. The lowest BCUT2D eigenvalue weighted by Crippen LogP contribution is -2.01. The molecule has 2 rings (SSSR count). The van der Waals surface area contributed by atoms with Gasteiger partial charge in [0.1, 0.15) is 5.75 Å². The number of nitrogens with one attached hydrogen (secondary N) is 1. The molecule has 1 heterocycles. The van der Waals surface area contributed by atoms with Crippen molar-refractivity contribution in [2.75, 3.05) is 7.11 Å². The molecular weight excluding hydrogens is 288 g/mol. The van der Waals surface area contributed by atoms with Crippen molar-refractivity contribution in [2.24, 2.45) is 0 Å². The lowest BCUT2D eigenvalue weighted by Gasteiger charge is -2.13. The molecule has 20 heavy (non-hydrogen) atoms. The summed E-state index contributed by atoms with van der Waals surface area (Å²) in [5.41, 5.74) is 1.91. The Labute approximate surface area is 128 Å². The highest BCUT2D eigenvalue weighted by Crippen LogP contribution is 2.32. The number of thioether (sulfide) groups is 1. The zero-order valence-electron chi connectivity index (χ0n) is 11.4. The quantitative estimate of drug-likeness (QED) is 0.806. The summed E-state index contributed by atoms with van der Waals surface area (Å²) in [5.74, 6) is 0.781. The highest BCUT2D eigenvalue weighted by molar-refractivity contribution is 8.10. The van der Waals surface area contributed by atoms with Crippen molar-refractivity contribution in [1.82, 2.24) is 9.55 Å². The maximum atomic E-state index is 5.43. The van der Waals surface area contributed by atoms with Crippen LogP contribution in [0.5, 0.6) is 5.75 Å². The van der Waals surface area contributed by atoms with Crippen LogP contribution in [0.25, 0.3) is 10.6 Å². The maximum absolute atomic E-state index is 5.43. The van der Waals surface area contributed by atoms with Crippen LogP contribution in [0.1, 0.15) is 12.6 Å². The molecule has 0 amide bonds.